The molecule has 132 valence electrons. The van der Waals surface area contributed by atoms with Crippen molar-refractivity contribution in [1.82, 2.24) is 0 Å². The van der Waals surface area contributed by atoms with Crippen molar-refractivity contribution in [2.24, 2.45) is 0 Å². The van der Waals surface area contributed by atoms with E-state index in [1.54, 1.807) is 0 Å². The van der Waals surface area contributed by atoms with Gasteiger partial charge in [0.25, 0.3) is 0 Å². The van der Waals surface area contributed by atoms with Crippen LogP contribution in [0, 0.1) is 0 Å². The van der Waals surface area contributed by atoms with Gasteiger partial charge in [-0.1, -0.05) is 105 Å². The number of fused-ring (bicyclic) bond motifs is 10. The molecule has 0 radical (unpaired) electrons. The summed E-state index contributed by atoms with van der Waals surface area (Å²) in [7, 11) is 0. The van der Waals surface area contributed by atoms with Crippen molar-refractivity contribution in [3.05, 3.63) is 93.9 Å². The third-order valence-electron chi connectivity index (χ3n) is 5.75. The maximum atomic E-state index is 3.82. The largest absolute Gasteiger partial charge is 0.0616 e. The lowest BCUT2D eigenvalue weighted by Gasteiger charge is -2.16. The fraction of sp³-hybridized carbons (Fsp3) is 0. The van der Waals surface area contributed by atoms with E-state index in [-0.39, 0.29) is 0 Å². The van der Waals surface area contributed by atoms with E-state index < -0.39 is 0 Å². The van der Waals surface area contributed by atoms with Crippen LogP contribution in [0.2, 0.25) is 0 Å². The Morgan fingerprint density at radius 2 is 0.679 bits per heavy atom. The van der Waals surface area contributed by atoms with Gasteiger partial charge in [0.1, 0.15) is 0 Å². The Morgan fingerprint density at radius 3 is 1.07 bits per heavy atom. The van der Waals surface area contributed by atoms with E-state index >= 15 is 0 Å². The van der Waals surface area contributed by atoms with Gasteiger partial charge in [-0.15, -0.1) is 0 Å². The Balaban J connectivity index is 2.10. The predicted molar refractivity (Wildman–Crippen MR) is 129 cm³/mol. The first-order chi connectivity index (χ1) is 13.7. The third-order valence-corrected chi connectivity index (χ3v) is 7.06. The first-order valence-corrected chi connectivity index (χ1v) is 10.9. The fourth-order valence-electron chi connectivity index (χ4n) is 4.58. The van der Waals surface area contributed by atoms with E-state index in [1.165, 1.54) is 53.9 Å². The van der Waals surface area contributed by atoms with Crippen LogP contribution in [0.3, 0.4) is 0 Å². The summed E-state index contributed by atoms with van der Waals surface area (Å²) in [5, 5.41) is 12.9. The monoisotopic (exact) mass is 484 g/mol. The number of rotatable bonds is 0. The number of benzene rings is 6. The van der Waals surface area contributed by atoms with E-state index in [9.17, 15) is 0 Å². The highest BCUT2D eigenvalue weighted by Crippen LogP contribution is 2.45. The first kappa shape index (κ1) is 16.5. The number of halogens is 2. The molecule has 0 nitrogen and oxygen atoms in total. The molecule has 0 aliphatic heterocycles. The summed E-state index contributed by atoms with van der Waals surface area (Å²) in [6.07, 6.45) is 0. The van der Waals surface area contributed by atoms with Crippen molar-refractivity contribution < 1.29 is 0 Å². The number of hydrogen-bond acceptors (Lipinski definition) is 0. The normalized spacial score (nSPS) is 11.9. The van der Waals surface area contributed by atoms with Crippen LogP contribution in [0.15, 0.2) is 93.9 Å². The summed E-state index contributed by atoms with van der Waals surface area (Å²) in [5.41, 5.74) is 0. The summed E-state index contributed by atoms with van der Waals surface area (Å²) in [6.45, 7) is 0. The van der Waals surface area contributed by atoms with Gasteiger partial charge in [0.2, 0.25) is 0 Å². The van der Waals surface area contributed by atoms with Crippen LogP contribution in [0.5, 0.6) is 0 Å². The molecule has 0 atom stereocenters. The van der Waals surface area contributed by atoms with Gasteiger partial charge in [0.05, 0.1) is 0 Å². The Kier molecular flexibility index (Phi) is 3.56. The SMILES string of the molecule is Brc1cc2c3ccccc3c3cc(Br)c4ccccc4c3c2c2ccccc12. The average molecular weight is 486 g/mol. The molecule has 0 saturated carbocycles. The lowest BCUT2D eigenvalue weighted by molar-refractivity contribution is 1.75. The van der Waals surface area contributed by atoms with E-state index in [2.05, 4.69) is 117 Å². The molecule has 0 spiro atoms. The highest BCUT2D eigenvalue weighted by Gasteiger charge is 2.16. The minimum absolute atomic E-state index is 1.14. The molecule has 28 heavy (non-hydrogen) atoms. The maximum absolute atomic E-state index is 3.82. The molecule has 0 amide bonds. The van der Waals surface area contributed by atoms with Gasteiger partial charge in [0, 0.05) is 8.95 Å². The van der Waals surface area contributed by atoms with Gasteiger partial charge in [-0.2, -0.15) is 0 Å². The molecule has 6 rings (SSSR count). The van der Waals surface area contributed by atoms with Crippen molar-refractivity contribution in [3.63, 3.8) is 0 Å². The van der Waals surface area contributed by atoms with Crippen LogP contribution in [-0.4, -0.2) is 0 Å². The average Bonchev–Trinajstić information content (AvgIpc) is 2.74. The van der Waals surface area contributed by atoms with Crippen LogP contribution in [0.4, 0.5) is 0 Å². The summed E-state index contributed by atoms with van der Waals surface area (Å²) < 4.78 is 2.28. The van der Waals surface area contributed by atoms with Crippen molar-refractivity contribution >= 4 is 85.7 Å². The minimum atomic E-state index is 1.14. The minimum Gasteiger partial charge on any atom is -0.0616 e. The van der Waals surface area contributed by atoms with Crippen molar-refractivity contribution in [2.45, 2.75) is 0 Å². The van der Waals surface area contributed by atoms with E-state index in [1.807, 2.05) is 0 Å². The van der Waals surface area contributed by atoms with Crippen LogP contribution < -0.4 is 0 Å². The van der Waals surface area contributed by atoms with Gasteiger partial charge in [-0.05, 0) is 66.0 Å². The predicted octanol–water partition coefficient (Wildman–Crippen LogP) is 8.98. The molecule has 2 heteroatoms. The zero-order valence-corrected chi connectivity index (χ0v) is 18.0. The molecule has 0 aromatic heterocycles. The molecule has 0 heterocycles. The Hall–Kier alpha value is -2.42. The number of hydrogen-bond donors (Lipinski definition) is 0. The molecule has 0 aliphatic rings. The molecule has 0 bridgehead atoms. The zero-order valence-electron chi connectivity index (χ0n) is 14.8. The van der Waals surface area contributed by atoms with Gasteiger partial charge < -0.3 is 0 Å². The van der Waals surface area contributed by atoms with Crippen LogP contribution >= 0.6 is 31.9 Å². The summed E-state index contributed by atoms with van der Waals surface area (Å²) >= 11 is 7.64. The molecule has 0 saturated heterocycles. The van der Waals surface area contributed by atoms with Crippen LogP contribution in [0.25, 0.3) is 53.9 Å². The quantitative estimate of drug-likeness (QED) is 0.188. The van der Waals surface area contributed by atoms with Gasteiger partial charge >= 0.3 is 0 Å². The second-order valence-corrected chi connectivity index (χ2v) is 8.91. The fourth-order valence-corrected chi connectivity index (χ4v) is 5.73. The molecule has 0 fully saturated rings. The molecule has 0 N–H and O–H groups in total. The molecular weight excluding hydrogens is 472 g/mol. The van der Waals surface area contributed by atoms with Crippen LogP contribution in [-0.2, 0) is 0 Å². The molecule has 6 aromatic rings. The zero-order chi connectivity index (χ0) is 18.8. The van der Waals surface area contributed by atoms with E-state index in [4.69, 9.17) is 0 Å². The highest BCUT2D eigenvalue weighted by atomic mass is 79.9. The standard InChI is InChI=1S/C26H14Br2/c27-23-13-21-15-7-1-2-8-16(15)22-14-24(28)18-10-4-6-12-20(18)26(22)25(21)19-11-5-3-9-17(19)23/h1-14H. The Bertz CT molecular complexity index is 1460. The second kappa shape index (κ2) is 6.04. The Labute approximate surface area is 179 Å². The molecular formula is C26H14Br2. The molecule has 0 aliphatic carbocycles. The second-order valence-electron chi connectivity index (χ2n) is 7.20. The van der Waals surface area contributed by atoms with Gasteiger partial charge in [0.15, 0.2) is 0 Å². The third kappa shape index (κ3) is 2.16. The topological polar surface area (TPSA) is 0 Å². The van der Waals surface area contributed by atoms with Crippen molar-refractivity contribution in [2.75, 3.05) is 0 Å². The van der Waals surface area contributed by atoms with Crippen molar-refractivity contribution in [3.8, 4) is 0 Å². The molecule has 6 aromatic carbocycles. The van der Waals surface area contributed by atoms with E-state index in [0.29, 0.717) is 0 Å². The van der Waals surface area contributed by atoms with E-state index in [0.717, 1.165) is 8.95 Å². The van der Waals surface area contributed by atoms with Crippen molar-refractivity contribution in [1.29, 1.82) is 0 Å². The highest BCUT2D eigenvalue weighted by molar-refractivity contribution is 9.11. The van der Waals surface area contributed by atoms with Crippen LogP contribution in [0.1, 0.15) is 0 Å². The summed E-state index contributed by atoms with van der Waals surface area (Å²) in [6, 6.07) is 30.7. The lowest BCUT2D eigenvalue weighted by Crippen LogP contribution is -1.88. The summed E-state index contributed by atoms with van der Waals surface area (Å²) in [5.74, 6) is 0. The summed E-state index contributed by atoms with van der Waals surface area (Å²) in [4.78, 5) is 0. The lowest BCUT2D eigenvalue weighted by atomic mass is 9.88. The smallest absolute Gasteiger partial charge is 0.0260 e. The Morgan fingerprint density at radius 1 is 0.357 bits per heavy atom. The molecule has 0 unspecified atom stereocenters. The first-order valence-electron chi connectivity index (χ1n) is 9.26. The maximum Gasteiger partial charge on any atom is 0.0260 e. The van der Waals surface area contributed by atoms with Gasteiger partial charge in [-0.25, -0.2) is 0 Å². The van der Waals surface area contributed by atoms with Gasteiger partial charge in [-0.3, -0.25) is 0 Å².